The van der Waals surface area contributed by atoms with Gasteiger partial charge in [-0.25, -0.2) is 0 Å². The van der Waals surface area contributed by atoms with Gasteiger partial charge in [0.15, 0.2) is 5.16 Å². The summed E-state index contributed by atoms with van der Waals surface area (Å²) in [4.78, 5) is 26.7. The Balaban J connectivity index is 1.55. The first-order chi connectivity index (χ1) is 13.0. The molecule has 1 N–H and O–H groups in total. The van der Waals surface area contributed by atoms with E-state index in [0.29, 0.717) is 22.3 Å². The molecule has 2 amide bonds. The minimum Gasteiger partial charge on any atom is -0.341 e. The standard InChI is InChI=1S/C19H25N5O2S/c1-23(11-14-6-3-4-7-14)18(26)15-8-5-9-16(10-15)21-17(25)12-27-19-22-20-13-24(19)2/h5,8-10,13-14H,3-4,6-7,11-12H2,1-2H3,(H,21,25). The van der Waals surface area contributed by atoms with Crippen molar-refractivity contribution in [2.75, 3.05) is 24.7 Å². The zero-order chi connectivity index (χ0) is 19.2. The third kappa shape index (κ3) is 5.32. The Morgan fingerprint density at radius 1 is 1.33 bits per heavy atom. The predicted octanol–water partition coefficient (Wildman–Crippen LogP) is 2.81. The van der Waals surface area contributed by atoms with Gasteiger partial charge in [0.1, 0.15) is 6.33 Å². The van der Waals surface area contributed by atoms with Gasteiger partial charge in [0.05, 0.1) is 5.75 Å². The summed E-state index contributed by atoms with van der Waals surface area (Å²) in [5.74, 6) is 0.685. The highest BCUT2D eigenvalue weighted by atomic mass is 32.2. The van der Waals surface area contributed by atoms with E-state index in [4.69, 9.17) is 0 Å². The van der Waals surface area contributed by atoms with Crippen LogP contribution in [0.3, 0.4) is 0 Å². The molecule has 144 valence electrons. The van der Waals surface area contributed by atoms with Crippen molar-refractivity contribution in [3.8, 4) is 0 Å². The van der Waals surface area contributed by atoms with Gasteiger partial charge in [-0.15, -0.1) is 10.2 Å². The number of nitrogens with zero attached hydrogens (tertiary/aromatic N) is 4. The van der Waals surface area contributed by atoms with Gasteiger partial charge in [0, 0.05) is 31.9 Å². The highest BCUT2D eigenvalue weighted by Crippen LogP contribution is 2.25. The summed E-state index contributed by atoms with van der Waals surface area (Å²) in [6, 6.07) is 7.11. The van der Waals surface area contributed by atoms with Crippen LogP contribution < -0.4 is 5.32 Å². The second-order valence-electron chi connectivity index (χ2n) is 6.98. The molecule has 2 aromatic rings. The quantitative estimate of drug-likeness (QED) is 0.739. The van der Waals surface area contributed by atoms with Crippen LogP contribution in [0.1, 0.15) is 36.0 Å². The Morgan fingerprint density at radius 3 is 2.81 bits per heavy atom. The Hall–Kier alpha value is -2.35. The average molecular weight is 388 g/mol. The number of anilines is 1. The number of aromatic nitrogens is 3. The first-order valence-electron chi connectivity index (χ1n) is 9.15. The van der Waals surface area contributed by atoms with Gasteiger partial charge >= 0.3 is 0 Å². The van der Waals surface area contributed by atoms with Crippen LogP contribution in [-0.4, -0.2) is 50.8 Å². The summed E-state index contributed by atoms with van der Waals surface area (Å²) in [6.07, 6.45) is 6.53. The fourth-order valence-corrected chi connectivity index (χ4v) is 4.03. The molecule has 1 saturated carbocycles. The number of carbonyl (C=O) groups is 2. The number of thioether (sulfide) groups is 1. The molecule has 0 saturated heterocycles. The zero-order valence-electron chi connectivity index (χ0n) is 15.7. The molecule has 0 radical (unpaired) electrons. The van der Waals surface area contributed by atoms with E-state index in [1.807, 2.05) is 14.1 Å². The van der Waals surface area contributed by atoms with Crippen molar-refractivity contribution in [1.29, 1.82) is 0 Å². The fraction of sp³-hybridized carbons (Fsp3) is 0.474. The molecule has 0 bridgehead atoms. The molecule has 1 fully saturated rings. The second kappa shape index (κ2) is 9.03. The van der Waals surface area contributed by atoms with E-state index in [1.54, 1.807) is 40.1 Å². The highest BCUT2D eigenvalue weighted by molar-refractivity contribution is 7.99. The van der Waals surface area contributed by atoms with Gasteiger partial charge < -0.3 is 14.8 Å². The number of amides is 2. The molecule has 1 heterocycles. The molecule has 0 aliphatic heterocycles. The topological polar surface area (TPSA) is 80.1 Å². The van der Waals surface area contributed by atoms with Crippen LogP contribution in [-0.2, 0) is 11.8 Å². The van der Waals surface area contributed by atoms with Crippen molar-refractivity contribution in [3.63, 3.8) is 0 Å². The van der Waals surface area contributed by atoms with Gasteiger partial charge in [-0.2, -0.15) is 0 Å². The van der Waals surface area contributed by atoms with Crippen molar-refractivity contribution < 1.29 is 9.59 Å². The minimum absolute atomic E-state index is 0.00791. The average Bonchev–Trinajstić information content (AvgIpc) is 3.31. The molecule has 8 heteroatoms. The number of rotatable bonds is 7. The third-order valence-electron chi connectivity index (χ3n) is 4.75. The number of hydrogen-bond acceptors (Lipinski definition) is 5. The third-order valence-corrected chi connectivity index (χ3v) is 5.78. The maximum Gasteiger partial charge on any atom is 0.253 e. The van der Waals surface area contributed by atoms with Crippen molar-refractivity contribution in [1.82, 2.24) is 19.7 Å². The smallest absolute Gasteiger partial charge is 0.253 e. The van der Waals surface area contributed by atoms with E-state index in [2.05, 4.69) is 15.5 Å². The molecule has 1 aromatic heterocycles. The van der Waals surface area contributed by atoms with Gasteiger partial charge in [-0.3, -0.25) is 9.59 Å². The van der Waals surface area contributed by atoms with Gasteiger partial charge in [0.25, 0.3) is 5.91 Å². The maximum absolute atomic E-state index is 12.7. The van der Waals surface area contributed by atoms with Crippen LogP contribution in [0.5, 0.6) is 0 Å². The SMILES string of the molecule is CN(CC1CCCC1)C(=O)c1cccc(NC(=O)CSc2nncn2C)c1. The number of hydrogen-bond donors (Lipinski definition) is 1. The minimum atomic E-state index is -0.146. The van der Waals surface area contributed by atoms with Gasteiger partial charge in [-0.1, -0.05) is 30.7 Å². The van der Waals surface area contributed by atoms with Gasteiger partial charge in [0.2, 0.25) is 5.91 Å². The fourth-order valence-electron chi connectivity index (χ4n) is 3.34. The molecule has 3 rings (SSSR count). The van der Waals surface area contributed by atoms with Crippen molar-refractivity contribution in [2.24, 2.45) is 13.0 Å². The largest absolute Gasteiger partial charge is 0.341 e. The van der Waals surface area contributed by atoms with Crippen LogP contribution in [0.4, 0.5) is 5.69 Å². The monoisotopic (exact) mass is 387 g/mol. The number of nitrogens with one attached hydrogen (secondary N) is 1. The molecule has 0 unspecified atom stereocenters. The van der Waals surface area contributed by atoms with E-state index in [1.165, 1.54) is 37.4 Å². The Morgan fingerprint density at radius 2 is 2.11 bits per heavy atom. The van der Waals surface area contributed by atoms with Crippen LogP contribution in [0.15, 0.2) is 35.7 Å². The van der Waals surface area contributed by atoms with Gasteiger partial charge in [-0.05, 0) is 37.0 Å². The zero-order valence-corrected chi connectivity index (χ0v) is 16.5. The summed E-state index contributed by atoms with van der Waals surface area (Å²) in [7, 11) is 3.68. The lowest BCUT2D eigenvalue weighted by Gasteiger charge is -2.21. The molecular formula is C19H25N5O2S. The van der Waals surface area contributed by atoms with Crippen molar-refractivity contribution in [2.45, 2.75) is 30.8 Å². The molecule has 0 spiro atoms. The number of carbonyl (C=O) groups excluding carboxylic acids is 2. The van der Waals surface area contributed by atoms with E-state index in [9.17, 15) is 9.59 Å². The van der Waals surface area contributed by atoms with Crippen LogP contribution in [0.25, 0.3) is 0 Å². The summed E-state index contributed by atoms with van der Waals surface area (Å²) in [6.45, 7) is 0.795. The van der Waals surface area contributed by atoms with Crippen LogP contribution >= 0.6 is 11.8 Å². The molecule has 7 nitrogen and oxygen atoms in total. The highest BCUT2D eigenvalue weighted by Gasteiger charge is 2.20. The Kier molecular flexibility index (Phi) is 6.49. The molecule has 0 atom stereocenters. The summed E-state index contributed by atoms with van der Waals surface area (Å²) >= 11 is 1.32. The molecule has 1 aromatic carbocycles. The van der Waals surface area contributed by atoms with E-state index >= 15 is 0 Å². The summed E-state index contributed by atoms with van der Waals surface area (Å²) in [5.41, 5.74) is 1.22. The molecule has 27 heavy (non-hydrogen) atoms. The van der Waals surface area contributed by atoms with Crippen molar-refractivity contribution in [3.05, 3.63) is 36.2 Å². The first-order valence-corrected chi connectivity index (χ1v) is 10.1. The Bertz CT molecular complexity index is 801. The number of aryl methyl sites for hydroxylation is 1. The van der Waals surface area contributed by atoms with E-state index < -0.39 is 0 Å². The molecule has 1 aliphatic carbocycles. The predicted molar refractivity (Wildman–Crippen MR) is 106 cm³/mol. The summed E-state index contributed by atoms with van der Waals surface area (Å²) in [5, 5.41) is 11.3. The maximum atomic E-state index is 12.7. The van der Waals surface area contributed by atoms with E-state index in [0.717, 1.165) is 6.54 Å². The lowest BCUT2D eigenvalue weighted by atomic mass is 10.1. The van der Waals surface area contributed by atoms with Crippen LogP contribution in [0, 0.1) is 5.92 Å². The first kappa shape index (κ1) is 19.4. The lowest BCUT2D eigenvalue weighted by molar-refractivity contribution is -0.113. The summed E-state index contributed by atoms with van der Waals surface area (Å²) < 4.78 is 1.76. The Labute approximate surface area is 163 Å². The molecular weight excluding hydrogens is 362 g/mol. The second-order valence-corrected chi connectivity index (χ2v) is 7.92. The normalized spacial score (nSPS) is 14.3. The van der Waals surface area contributed by atoms with E-state index in [-0.39, 0.29) is 17.6 Å². The molecule has 1 aliphatic rings. The number of benzene rings is 1. The van der Waals surface area contributed by atoms with Crippen LogP contribution in [0.2, 0.25) is 0 Å². The lowest BCUT2D eigenvalue weighted by Crippen LogP contribution is -2.31. The van der Waals surface area contributed by atoms with Crippen molar-refractivity contribution >= 4 is 29.3 Å².